The molecule has 1 heterocycles. The van der Waals surface area contributed by atoms with Crippen molar-refractivity contribution in [3.05, 3.63) is 35.4 Å². The van der Waals surface area contributed by atoms with Crippen molar-refractivity contribution in [1.29, 1.82) is 0 Å². The molecule has 1 aliphatic rings. The Morgan fingerprint density at radius 1 is 1.33 bits per heavy atom. The van der Waals surface area contributed by atoms with Crippen molar-refractivity contribution >= 4 is 5.91 Å². The lowest BCUT2D eigenvalue weighted by molar-refractivity contribution is -0.137. The maximum absolute atomic E-state index is 12.5. The van der Waals surface area contributed by atoms with Crippen molar-refractivity contribution in [1.82, 2.24) is 4.90 Å². The molecule has 1 aromatic rings. The molecule has 2 atom stereocenters. The third-order valence-corrected chi connectivity index (χ3v) is 3.87. The number of benzene rings is 1. The molecule has 2 N–H and O–H groups in total. The molecule has 0 spiro atoms. The van der Waals surface area contributed by atoms with E-state index >= 15 is 0 Å². The van der Waals surface area contributed by atoms with E-state index in [1.807, 2.05) is 6.92 Å². The highest BCUT2D eigenvalue weighted by atomic mass is 19.4. The zero-order chi connectivity index (χ0) is 15.6. The first-order valence-electron chi connectivity index (χ1n) is 6.98. The maximum atomic E-state index is 12.5. The zero-order valence-corrected chi connectivity index (χ0v) is 11.9. The van der Waals surface area contributed by atoms with Crippen molar-refractivity contribution in [2.75, 3.05) is 6.54 Å². The van der Waals surface area contributed by atoms with E-state index < -0.39 is 11.7 Å². The van der Waals surface area contributed by atoms with Gasteiger partial charge in [0.2, 0.25) is 5.91 Å². The highest BCUT2D eigenvalue weighted by Crippen LogP contribution is 2.29. The van der Waals surface area contributed by atoms with Gasteiger partial charge in [0.25, 0.3) is 0 Å². The Bertz CT molecular complexity index is 499. The SMILES string of the molecule is CC1CC(N)CCN1C(=O)Cc1ccc(C(F)(F)F)cc1. The molecule has 0 aromatic heterocycles. The highest BCUT2D eigenvalue weighted by Gasteiger charge is 2.30. The van der Waals surface area contributed by atoms with Crippen LogP contribution in [0.5, 0.6) is 0 Å². The lowest BCUT2D eigenvalue weighted by Crippen LogP contribution is -2.48. The second-order valence-electron chi connectivity index (χ2n) is 5.59. The fourth-order valence-corrected chi connectivity index (χ4v) is 2.67. The maximum Gasteiger partial charge on any atom is 0.416 e. The van der Waals surface area contributed by atoms with Crippen LogP contribution in [0.15, 0.2) is 24.3 Å². The van der Waals surface area contributed by atoms with Gasteiger partial charge in [-0.25, -0.2) is 0 Å². The van der Waals surface area contributed by atoms with Gasteiger partial charge < -0.3 is 10.6 Å². The predicted octanol–water partition coefficient (Wildman–Crippen LogP) is 2.59. The summed E-state index contributed by atoms with van der Waals surface area (Å²) in [4.78, 5) is 14.0. The summed E-state index contributed by atoms with van der Waals surface area (Å²) in [7, 11) is 0. The van der Waals surface area contributed by atoms with Crippen LogP contribution in [0, 0.1) is 0 Å². The summed E-state index contributed by atoms with van der Waals surface area (Å²) in [6.45, 7) is 2.56. The van der Waals surface area contributed by atoms with Gasteiger partial charge in [-0.15, -0.1) is 0 Å². The molecule has 0 radical (unpaired) electrons. The molecule has 2 unspecified atom stereocenters. The minimum absolute atomic E-state index is 0.0610. The Morgan fingerprint density at radius 2 is 1.95 bits per heavy atom. The molecule has 1 aromatic carbocycles. The van der Waals surface area contributed by atoms with Crippen molar-refractivity contribution in [2.45, 2.75) is 44.4 Å². The Morgan fingerprint density at radius 3 is 2.48 bits per heavy atom. The van der Waals surface area contributed by atoms with Crippen LogP contribution in [0.3, 0.4) is 0 Å². The van der Waals surface area contributed by atoms with Gasteiger partial charge in [-0.3, -0.25) is 4.79 Å². The first-order chi connectivity index (χ1) is 9.77. The molecule has 2 rings (SSSR count). The Balaban J connectivity index is 2.00. The van der Waals surface area contributed by atoms with E-state index in [-0.39, 0.29) is 24.4 Å². The monoisotopic (exact) mass is 300 g/mol. The summed E-state index contributed by atoms with van der Waals surface area (Å²) >= 11 is 0. The highest BCUT2D eigenvalue weighted by molar-refractivity contribution is 5.79. The molecule has 3 nitrogen and oxygen atoms in total. The van der Waals surface area contributed by atoms with E-state index in [0.717, 1.165) is 25.0 Å². The molecule has 21 heavy (non-hydrogen) atoms. The van der Waals surface area contributed by atoms with Crippen LogP contribution < -0.4 is 5.73 Å². The normalized spacial score (nSPS) is 23.2. The average molecular weight is 300 g/mol. The van der Waals surface area contributed by atoms with Crippen molar-refractivity contribution in [2.24, 2.45) is 5.73 Å². The van der Waals surface area contributed by atoms with E-state index in [0.29, 0.717) is 12.1 Å². The van der Waals surface area contributed by atoms with E-state index in [2.05, 4.69) is 0 Å². The van der Waals surface area contributed by atoms with Crippen LogP contribution in [0.25, 0.3) is 0 Å². The van der Waals surface area contributed by atoms with Gasteiger partial charge in [-0.2, -0.15) is 13.2 Å². The van der Waals surface area contributed by atoms with Crippen LogP contribution in [-0.2, 0) is 17.4 Å². The number of rotatable bonds is 2. The second kappa shape index (κ2) is 6.05. The van der Waals surface area contributed by atoms with E-state index in [1.54, 1.807) is 4.90 Å². The number of likely N-dealkylation sites (tertiary alicyclic amines) is 1. The first-order valence-corrected chi connectivity index (χ1v) is 6.98. The molecular formula is C15H19F3N2O. The third kappa shape index (κ3) is 3.97. The number of halogens is 3. The van der Waals surface area contributed by atoms with E-state index in [4.69, 9.17) is 5.73 Å². The number of hydrogen-bond donors (Lipinski definition) is 1. The fraction of sp³-hybridized carbons (Fsp3) is 0.533. The molecule has 1 saturated heterocycles. The average Bonchev–Trinajstić information content (AvgIpc) is 2.38. The smallest absolute Gasteiger partial charge is 0.340 e. The zero-order valence-electron chi connectivity index (χ0n) is 11.9. The van der Waals surface area contributed by atoms with Gasteiger partial charge in [0.1, 0.15) is 0 Å². The number of alkyl halides is 3. The number of carbonyl (C=O) groups is 1. The molecule has 1 amide bonds. The lowest BCUT2D eigenvalue weighted by atomic mass is 9.98. The van der Waals surface area contributed by atoms with Crippen LogP contribution in [0.2, 0.25) is 0 Å². The summed E-state index contributed by atoms with van der Waals surface area (Å²) in [6, 6.07) is 4.95. The van der Waals surface area contributed by atoms with Crippen LogP contribution in [0.1, 0.15) is 30.9 Å². The predicted molar refractivity (Wildman–Crippen MR) is 73.5 cm³/mol. The molecular weight excluding hydrogens is 281 g/mol. The summed E-state index contributed by atoms with van der Waals surface area (Å²) in [5, 5.41) is 0. The Hall–Kier alpha value is -1.56. The number of carbonyl (C=O) groups excluding carboxylic acids is 1. The van der Waals surface area contributed by atoms with Crippen molar-refractivity contribution in [3.63, 3.8) is 0 Å². The van der Waals surface area contributed by atoms with Gasteiger partial charge in [-0.05, 0) is 37.5 Å². The van der Waals surface area contributed by atoms with Gasteiger partial charge in [0.05, 0.1) is 12.0 Å². The first kappa shape index (κ1) is 15.8. The van der Waals surface area contributed by atoms with Crippen LogP contribution in [0.4, 0.5) is 13.2 Å². The molecule has 0 aliphatic carbocycles. The topological polar surface area (TPSA) is 46.3 Å². The van der Waals surface area contributed by atoms with Gasteiger partial charge in [0, 0.05) is 18.6 Å². The Labute approximate surface area is 121 Å². The summed E-state index contributed by atoms with van der Waals surface area (Å²) in [5.41, 5.74) is 5.75. The number of nitrogens with zero attached hydrogens (tertiary/aromatic N) is 1. The number of piperidine rings is 1. The molecule has 116 valence electrons. The summed E-state index contributed by atoms with van der Waals surface area (Å²) < 4.78 is 37.4. The summed E-state index contributed by atoms with van der Waals surface area (Å²) in [6.07, 6.45) is -2.69. The fourth-order valence-electron chi connectivity index (χ4n) is 2.67. The van der Waals surface area contributed by atoms with E-state index in [9.17, 15) is 18.0 Å². The molecule has 1 fully saturated rings. The van der Waals surface area contributed by atoms with Crippen LogP contribution in [-0.4, -0.2) is 29.4 Å². The minimum Gasteiger partial charge on any atom is -0.340 e. The largest absolute Gasteiger partial charge is 0.416 e. The molecule has 0 bridgehead atoms. The van der Waals surface area contributed by atoms with Gasteiger partial charge in [-0.1, -0.05) is 12.1 Å². The lowest BCUT2D eigenvalue weighted by Gasteiger charge is -2.36. The quantitative estimate of drug-likeness (QED) is 0.912. The Kier molecular flexibility index (Phi) is 4.56. The third-order valence-electron chi connectivity index (χ3n) is 3.87. The van der Waals surface area contributed by atoms with Gasteiger partial charge >= 0.3 is 6.18 Å². The van der Waals surface area contributed by atoms with Crippen LogP contribution >= 0.6 is 0 Å². The standard InChI is InChI=1S/C15H19F3N2O/c1-10-8-13(19)6-7-20(10)14(21)9-11-2-4-12(5-3-11)15(16,17)18/h2-5,10,13H,6-9,19H2,1H3. The molecule has 0 saturated carbocycles. The van der Waals surface area contributed by atoms with Crippen molar-refractivity contribution in [3.8, 4) is 0 Å². The number of hydrogen-bond acceptors (Lipinski definition) is 2. The number of nitrogens with two attached hydrogens (primary N) is 1. The minimum atomic E-state index is -4.35. The second-order valence-corrected chi connectivity index (χ2v) is 5.59. The molecule has 6 heteroatoms. The van der Waals surface area contributed by atoms with Gasteiger partial charge in [0.15, 0.2) is 0 Å². The summed E-state index contributed by atoms with van der Waals surface area (Å²) in [5.74, 6) is -0.0610. The van der Waals surface area contributed by atoms with Crippen molar-refractivity contribution < 1.29 is 18.0 Å². The number of amides is 1. The molecule has 1 aliphatic heterocycles. The van der Waals surface area contributed by atoms with E-state index in [1.165, 1.54) is 12.1 Å².